The predicted octanol–water partition coefficient (Wildman–Crippen LogP) is 3.42. The van der Waals surface area contributed by atoms with Crippen LogP contribution < -0.4 is 11.1 Å². The molecule has 0 aliphatic heterocycles. The smallest absolute Gasteiger partial charge is 0.252 e. The predicted molar refractivity (Wildman–Crippen MR) is 96.2 cm³/mol. The normalized spacial score (nSPS) is 10.4. The average Bonchev–Trinajstić information content (AvgIpc) is 2.86. The molecule has 0 aliphatic rings. The molecule has 0 radical (unpaired) electrons. The second-order valence-electron chi connectivity index (χ2n) is 5.27. The van der Waals surface area contributed by atoms with Gasteiger partial charge in [-0.05, 0) is 38.5 Å². The number of carbonyl (C=O) groups excluding carboxylic acids is 1. The summed E-state index contributed by atoms with van der Waals surface area (Å²) in [5, 5.41) is 5.91. The number of rotatable bonds is 4. The van der Waals surface area contributed by atoms with Crippen LogP contribution in [0.2, 0.25) is 0 Å². The Morgan fingerprint density at radius 2 is 1.86 bits per heavy atom. The number of hydrogen-bond acceptors (Lipinski definition) is 4. The Labute approximate surface area is 147 Å². The summed E-state index contributed by atoms with van der Waals surface area (Å²) in [4.78, 5) is 16.7. The molecule has 0 saturated carbocycles. The van der Waals surface area contributed by atoms with E-state index in [-0.39, 0.29) is 30.7 Å². The Morgan fingerprint density at radius 3 is 2.32 bits per heavy atom. The van der Waals surface area contributed by atoms with E-state index in [4.69, 9.17) is 5.73 Å². The van der Waals surface area contributed by atoms with E-state index in [1.165, 1.54) is 0 Å². The maximum atomic E-state index is 12.3. The van der Waals surface area contributed by atoms with Gasteiger partial charge < -0.3 is 11.1 Å². The molecule has 2 aromatic rings. The molecule has 3 N–H and O–H groups in total. The van der Waals surface area contributed by atoms with E-state index in [2.05, 4.69) is 10.3 Å². The van der Waals surface area contributed by atoms with Gasteiger partial charge in [0, 0.05) is 23.2 Å². The van der Waals surface area contributed by atoms with E-state index < -0.39 is 5.54 Å². The highest BCUT2D eigenvalue weighted by molar-refractivity contribution is 7.09. The second kappa shape index (κ2) is 8.48. The molecule has 1 aromatic heterocycles. The van der Waals surface area contributed by atoms with E-state index >= 15 is 0 Å². The van der Waals surface area contributed by atoms with Gasteiger partial charge in [0.15, 0.2) is 0 Å². The first-order valence-corrected chi connectivity index (χ1v) is 7.34. The number of nitrogens with zero attached hydrogens (tertiary/aromatic N) is 1. The molecule has 4 nitrogen and oxygen atoms in total. The lowest BCUT2D eigenvalue weighted by Crippen LogP contribution is -2.40. The second-order valence-corrected chi connectivity index (χ2v) is 6.13. The summed E-state index contributed by atoms with van der Waals surface area (Å²) >= 11 is 1.56. The quantitative estimate of drug-likeness (QED) is 0.876. The third-order valence-electron chi connectivity index (χ3n) is 3.03. The molecule has 0 spiro atoms. The van der Waals surface area contributed by atoms with Gasteiger partial charge in [0.2, 0.25) is 0 Å². The van der Waals surface area contributed by atoms with Crippen molar-refractivity contribution in [2.45, 2.75) is 32.9 Å². The Morgan fingerprint density at radius 1 is 1.27 bits per heavy atom. The van der Waals surface area contributed by atoms with Gasteiger partial charge >= 0.3 is 0 Å². The monoisotopic (exact) mass is 361 g/mol. The van der Waals surface area contributed by atoms with Crippen molar-refractivity contribution in [3.05, 3.63) is 51.5 Å². The number of benzene rings is 1. The largest absolute Gasteiger partial charge is 0.341 e. The van der Waals surface area contributed by atoms with Gasteiger partial charge in [0.05, 0.1) is 5.54 Å². The first-order valence-electron chi connectivity index (χ1n) is 6.46. The number of nitrogens with one attached hydrogen (secondary N) is 1. The van der Waals surface area contributed by atoms with Crippen LogP contribution in [0, 0.1) is 6.92 Å². The maximum absolute atomic E-state index is 12.3. The molecular weight excluding hydrogens is 341 g/mol. The summed E-state index contributed by atoms with van der Waals surface area (Å²) in [5.74, 6) is -0.105. The topological polar surface area (TPSA) is 68.0 Å². The summed E-state index contributed by atoms with van der Waals surface area (Å²) in [7, 11) is 0. The van der Waals surface area contributed by atoms with Crippen LogP contribution in [0.3, 0.4) is 0 Å². The van der Waals surface area contributed by atoms with E-state index in [9.17, 15) is 4.79 Å². The lowest BCUT2D eigenvalue weighted by Gasteiger charge is -2.24. The molecule has 7 heteroatoms. The van der Waals surface area contributed by atoms with Gasteiger partial charge in [-0.3, -0.25) is 4.79 Å². The summed E-state index contributed by atoms with van der Waals surface area (Å²) in [6, 6.07) is 7.33. The number of amides is 1. The fourth-order valence-corrected chi connectivity index (χ4v) is 2.72. The van der Waals surface area contributed by atoms with Crippen molar-refractivity contribution in [3.8, 4) is 0 Å². The van der Waals surface area contributed by atoms with E-state index in [0.29, 0.717) is 12.1 Å². The van der Waals surface area contributed by atoms with Gasteiger partial charge in [0.1, 0.15) is 5.01 Å². The average molecular weight is 362 g/mol. The maximum Gasteiger partial charge on any atom is 0.252 e. The Balaban J connectivity index is 0.00000220. The number of hydrogen-bond donors (Lipinski definition) is 2. The van der Waals surface area contributed by atoms with Crippen molar-refractivity contribution in [2.24, 2.45) is 5.73 Å². The highest BCUT2D eigenvalue weighted by atomic mass is 35.5. The van der Waals surface area contributed by atoms with Crippen LogP contribution in [0.5, 0.6) is 0 Å². The van der Waals surface area contributed by atoms with Crippen LogP contribution in [-0.4, -0.2) is 10.9 Å². The Bertz CT molecular complexity index is 612. The van der Waals surface area contributed by atoms with Gasteiger partial charge in [-0.15, -0.1) is 36.2 Å². The fraction of sp³-hybridized carbons (Fsp3) is 0.333. The number of thiazole rings is 1. The van der Waals surface area contributed by atoms with Crippen molar-refractivity contribution in [2.75, 3.05) is 0 Å². The van der Waals surface area contributed by atoms with Crippen molar-refractivity contribution >= 4 is 42.1 Å². The van der Waals surface area contributed by atoms with Crippen LogP contribution in [0.1, 0.15) is 40.5 Å². The molecule has 22 heavy (non-hydrogen) atoms. The number of aromatic nitrogens is 1. The van der Waals surface area contributed by atoms with Crippen molar-refractivity contribution in [1.82, 2.24) is 10.3 Å². The summed E-state index contributed by atoms with van der Waals surface area (Å²) in [5.41, 5.74) is 7.68. The van der Waals surface area contributed by atoms with Gasteiger partial charge in [-0.25, -0.2) is 4.98 Å². The Hall–Kier alpha value is -1.14. The van der Waals surface area contributed by atoms with Crippen LogP contribution >= 0.6 is 36.2 Å². The zero-order valence-corrected chi connectivity index (χ0v) is 15.2. The standard InChI is InChI=1S/C15H19N3OS.2ClH/c1-10-9-20-14(17-10)15(2,3)18-13(19)12-6-4-11(8-16)5-7-12;;/h4-7,9H,8,16H2,1-3H3,(H,18,19);2*1H. The minimum atomic E-state index is -0.484. The summed E-state index contributed by atoms with van der Waals surface area (Å²) in [6.07, 6.45) is 0. The molecule has 1 aromatic carbocycles. The van der Waals surface area contributed by atoms with Crippen LogP contribution in [-0.2, 0) is 12.1 Å². The molecule has 122 valence electrons. The fourth-order valence-electron chi connectivity index (χ4n) is 1.84. The lowest BCUT2D eigenvalue weighted by molar-refractivity contribution is 0.0912. The molecule has 0 atom stereocenters. The zero-order chi connectivity index (χ0) is 14.8. The molecular formula is C15H21Cl2N3OS. The molecule has 0 aliphatic carbocycles. The van der Waals surface area contributed by atoms with Crippen molar-refractivity contribution in [1.29, 1.82) is 0 Å². The van der Waals surface area contributed by atoms with Crippen molar-refractivity contribution in [3.63, 3.8) is 0 Å². The van der Waals surface area contributed by atoms with Crippen LogP contribution in [0.4, 0.5) is 0 Å². The number of aryl methyl sites for hydroxylation is 1. The third kappa shape index (κ3) is 4.95. The van der Waals surface area contributed by atoms with Gasteiger partial charge in [-0.1, -0.05) is 12.1 Å². The Kier molecular flexibility index (Phi) is 8.04. The molecule has 1 amide bonds. The van der Waals surface area contributed by atoms with E-state index in [0.717, 1.165) is 16.3 Å². The first kappa shape index (κ1) is 20.9. The van der Waals surface area contributed by atoms with Gasteiger partial charge in [-0.2, -0.15) is 0 Å². The van der Waals surface area contributed by atoms with Gasteiger partial charge in [0.25, 0.3) is 5.91 Å². The molecule has 1 heterocycles. The summed E-state index contributed by atoms with van der Waals surface area (Å²) < 4.78 is 0. The first-order chi connectivity index (χ1) is 9.42. The highest BCUT2D eigenvalue weighted by Gasteiger charge is 2.26. The molecule has 0 saturated heterocycles. The zero-order valence-electron chi connectivity index (χ0n) is 12.8. The molecule has 0 bridgehead atoms. The molecule has 0 fully saturated rings. The highest BCUT2D eigenvalue weighted by Crippen LogP contribution is 2.24. The number of halogens is 2. The SMILES string of the molecule is Cc1csc(C(C)(C)NC(=O)c2ccc(CN)cc2)n1.Cl.Cl. The van der Waals surface area contributed by atoms with Crippen molar-refractivity contribution < 1.29 is 4.79 Å². The lowest BCUT2D eigenvalue weighted by atomic mass is 10.0. The summed E-state index contributed by atoms with van der Waals surface area (Å²) in [6.45, 7) is 6.34. The van der Waals surface area contributed by atoms with Crippen LogP contribution in [0.15, 0.2) is 29.6 Å². The number of carbonyl (C=O) groups is 1. The van der Waals surface area contributed by atoms with E-state index in [1.54, 1.807) is 23.5 Å². The van der Waals surface area contributed by atoms with Crippen LogP contribution in [0.25, 0.3) is 0 Å². The van der Waals surface area contributed by atoms with E-state index in [1.807, 2.05) is 38.3 Å². The minimum absolute atomic E-state index is 0. The third-order valence-corrected chi connectivity index (χ3v) is 4.32. The molecule has 2 rings (SSSR count). The molecule has 0 unspecified atom stereocenters. The minimum Gasteiger partial charge on any atom is -0.341 e. The number of nitrogens with two attached hydrogens (primary N) is 1.